The van der Waals surface area contributed by atoms with E-state index in [1.807, 2.05) is 0 Å². The quantitative estimate of drug-likeness (QED) is 0.448. The maximum atomic E-state index is 2.43. The van der Waals surface area contributed by atoms with Gasteiger partial charge in [0.1, 0.15) is 0 Å². The van der Waals surface area contributed by atoms with Gasteiger partial charge in [0, 0.05) is 0 Å². The molecule has 1 nitrogen and oxygen atoms in total. The van der Waals surface area contributed by atoms with Crippen LogP contribution in [0, 0.1) is 0 Å². The highest BCUT2D eigenvalue weighted by Crippen LogP contribution is 2.00. The van der Waals surface area contributed by atoms with Crippen LogP contribution in [-0.4, -0.2) is 4.43 Å². The largest absolute Gasteiger partial charge is 0.344 e. The summed E-state index contributed by atoms with van der Waals surface area (Å²) in [5.74, 6) is 0. The fraction of sp³-hybridized carbons (Fsp3) is 1.00. The molecule has 0 unspecified atom stereocenters. The molecule has 2 heteroatoms. The number of rotatable bonds is 4. The highest BCUT2D eigenvalue weighted by Gasteiger charge is 1.80. The van der Waals surface area contributed by atoms with Gasteiger partial charge in [0.15, 0.2) is 0 Å². The molecule has 0 amide bonds. The molecule has 0 bridgehead atoms. The molecule has 0 saturated heterocycles. The van der Waals surface area contributed by atoms with Crippen molar-refractivity contribution < 1.29 is 0 Å². The van der Waals surface area contributed by atoms with Crippen LogP contribution < -0.4 is 6.15 Å². The van der Waals surface area contributed by atoms with E-state index in [1.54, 1.807) is 0 Å². The highest BCUT2D eigenvalue weighted by atomic mass is 127. The second-order valence-electron chi connectivity index (χ2n) is 1.75. The maximum Gasteiger partial charge on any atom is -0.000473 e. The number of hydrogen-bond donors (Lipinski definition) is 1. The monoisotopic (exact) mass is 229 g/mol. The minimum Gasteiger partial charge on any atom is -0.344 e. The predicted molar refractivity (Wildman–Crippen MR) is 48.1 cm³/mol. The molecule has 0 radical (unpaired) electrons. The summed E-state index contributed by atoms with van der Waals surface area (Å²) in [6.45, 7) is 2.24. The Bertz CT molecular complexity index is 27.7. The lowest BCUT2D eigenvalue weighted by molar-refractivity contribution is 0.710. The van der Waals surface area contributed by atoms with Crippen molar-refractivity contribution in [1.29, 1.82) is 0 Å². The van der Waals surface area contributed by atoms with E-state index in [2.05, 4.69) is 29.5 Å². The van der Waals surface area contributed by atoms with Gasteiger partial charge in [0.2, 0.25) is 0 Å². The topological polar surface area (TPSA) is 35.0 Å². The van der Waals surface area contributed by atoms with Crippen LogP contribution in [0.4, 0.5) is 0 Å². The fourth-order valence-electron chi connectivity index (χ4n) is 0.521. The first-order valence-electron chi connectivity index (χ1n) is 2.97. The van der Waals surface area contributed by atoms with Gasteiger partial charge in [-0.3, -0.25) is 0 Å². The van der Waals surface area contributed by atoms with Crippen LogP contribution in [0.3, 0.4) is 0 Å². The van der Waals surface area contributed by atoms with Crippen LogP contribution in [0.25, 0.3) is 0 Å². The molecule has 0 fully saturated rings. The van der Waals surface area contributed by atoms with Gasteiger partial charge in [-0.1, -0.05) is 48.8 Å². The predicted octanol–water partition coefficient (Wildman–Crippen LogP) is 3.16. The molecule has 0 aromatic heterocycles. The summed E-state index contributed by atoms with van der Waals surface area (Å²) in [6, 6.07) is 0. The normalized spacial score (nSPS) is 8.25. The van der Waals surface area contributed by atoms with Gasteiger partial charge in [0.05, 0.1) is 0 Å². The lowest BCUT2D eigenvalue weighted by atomic mass is 10.2. The number of unbranched alkanes of at least 4 members (excludes halogenated alkanes) is 3. The third-order valence-corrected chi connectivity index (χ3v) is 1.75. The molecule has 0 aromatic rings. The first-order chi connectivity index (χ1) is 3.41. The van der Waals surface area contributed by atoms with E-state index in [0.717, 1.165) is 0 Å². The van der Waals surface area contributed by atoms with Gasteiger partial charge in [-0.15, -0.1) is 0 Å². The third kappa shape index (κ3) is 9.85. The molecule has 3 N–H and O–H groups in total. The summed E-state index contributed by atoms with van der Waals surface area (Å²) in [7, 11) is 0. The van der Waals surface area contributed by atoms with Crippen LogP contribution in [0.15, 0.2) is 0 Å². The Morgan fingerprint density at radius 2 is 1.75 bits per heavy atom. The lowest BCUT2D eigenvalue weighted by Gasteiger charge is -1.89. The Morgan fingerprint density at radius 1 is 1.12 bits per heavy atom. The molecule has 0 atom stereocenters. The first-order valence-corrected chi connectivity index (χ1v) is 4.50. The molecular weight excluding hydrogens is 213 g/mol. The molecule has 0 aliphatic rings. The Labute approximate surface area is 66.0 Å². The molecule has 0 aromatic carbocycles. The number of alkyl halides is 1. The van der Waals surface area contributed by atoms with Crippen molar-refractivity contribution in [3.05, 3.63) is 0 Å². The molecule has 0 aliphatic heterocycles. The Morgan fingerprint density at radius 3 is 2.12 bits per heavy atom. The van der Waals surface area contributed by atoms with Crippen molar-refractivity contribution in [2.24, 2.45) is 0 Å². The zero-order valence-corrected chi connectivity index (χ0v) is 7.78. The molecule has 0 aliphatic carbocycles. The van der Waals surface area contributed by atoms with Gasteiger partial charge in [0.25, 0.3) is 0 Å². The average Bonchev–Trinajstić information content (AvgIpc) is 1.69. The summed E-state index contributed by atoms with van der Waals surface area (Å²) in [4.78, 5) is 0. The first kappa shape index (κ1) is 11.5. The Hall–Kier alpha value is 0.690. The highest BCUT2D eigenvalue weighted by molar-refractivity contribution is 14.1. The SMILES string of the molecule is CCCCCCI.N. The van der Waals surface area contributed by atoms with E-state index in [0.29, 0.717) is 0 Å². The van der Waals surface area contributed by atoms with Gasteiger partial charge in [-0.2, -0.15) is 0 Å². The van der Waals surface area contributed by atoms with Crippen molar-refractivity contribution in [2.45, 2.75) is 32.6 Å². The molecule has 0 rings (SSSR count). The maximum absolute atomic E-state index is 2.43. The fourth-order valence-corrected chi connectivity index (χ4v) is 1.06. The Kier molecular flexibility index (Phi) is 15.3. The van der Waals surface area contributed by atoms with E-state index in [1.165, 1.54) is 30.1 Å². The van der Waals surface area contributed by atoms with E-state index in [-0.39, 0.29) is 6.15 Å². The minimum atomic E-state index is 0. The summed E-state index contributed by atoms with van der Waals surface area (Å²) in [5.41, 5.74) is 0. The molecule has 0 heterocycles. The zero-order valence-electron chi connectivity index (χ0n) is 5.62. The second kappa shape index (κ2) is 10.6. The van der Waals surface area contributed by atoms with Crippen molar-refractivity contribution >= 4 is 22.6 Å². The minimum absolute atomic E-state index is 0. The standard InChI is InChI=1S/C6H13I.H3N/c1-2-3-4-5-6-7;/h2-6H2,1H3;1H3. The van der Waals surface area contributed by atoms with E-state index in [9.17, 15) is 0 Å². The van der Waals surface area contributed by atoms with Crippen molar-refractivity contribution in [1.82, 2.24) is 6.15 Å². The number of halogens is 1. The van der Waals surface area contributed by atoms with Gasteiger partial charge < -0.3 is 6.15 Å². The summed E-state index contributed by atoms with van der Waals surface area (Å²) in [5, 5.41) is 0. The second-order valence-corrected chi connectivity index (χ2v) is 2.83. The van der Waals surface area contributed by atoms with Gasteiger partial charge in [-0.05, 0) is 10.8 Å². The molecule has 8 heavy (non-hydrogen) atoms. The van der Waals surface area contributed by atoms with Crippen molar-refractivity contribution in [3.8, 4) is 0 Å². The van der Waals surface area contributed by atoms with E-state index in [4.69, 9.17) is 0 Å². The van der Waals surface area contributed by atoms with Crippen LogP contribution in [-0.2, 0) is 0 Å². The zero-order chi connectivity index (χ0) is 5.54. The number of hydrogen-bond acceptors (Lipinski definition) is 1. The van der Waals surface area contributed by atoms with Crippen molar-refractivity contribution in [3.63, 3.8) is 0 Å². The molecule has 0 spiro atoms. The summed E-state index contributed by atoms with van der Waals surface area (Å²) in [6.07, 6.45) is 5.62. The van der Waals surface area contributed by atoms with Gasteiger partial charge >= 0.3 is 0 Å². The Balaban J connectivity index is 0. The third-order valence-electron chi connectivity index (χ3n) is 0.987. The van der Waals surface area contributed by atoms with E-state index < -0.39 is 0 Å². The van der Waals surface area contributed by atoms with Crippen LogP contribution in [0.5, 0.6) is 0 Å². The molecule has 0 saturated carbocycles. The van der Waals surface area contributed by atoms with E-state index >= 15 is 0 Å². The lowest BCUT2D eigenvalue weighted by Crippen LogP contribution is -1.73. The smallest absolute Gasteiger partial charge is 0.000473 e. The van der Waals surface area contributed by atoms with Crippen LogP contribution in [0.1, 0.15) is 32.6 Å². The molecular formula is C6H16IN. The summed E-state index contributed by atoms with van der Waals surface area (Å²) < 4.78 is 1.33. The summed E-state index contributed by atoms with van der Waals surface area (Å²) >= 11 is 2.43. The average molecular weight is 229 g/mol. The van der Waals surface area contributed by atoms with Crippen LogP contribution in [0.2, 0.25) is 0 Å². The molecule has 52 valence electrons. The van der Waals surface area contributed by atoms with Crippen molar-refractivity contribution in [2.75, 3.05) is 4.43 Å². The van der Waals surface area contributed by atoms with Gasteiger partial charge in [-0.25, -0.2) is 0 Å². The van der Waals surface area contributed by atoms with Crippen LogP contribution >= 0.6 is 22.6 Å².